The number of nitro benzene ring substituents is 1. The smallest absolute Gasteiger partial charge is 0.306 e. The van der Waals surface area contributed by atoms with Crippen LogP contribution in [0.1, 0.15) is 0 Å². The molecule has 0 heterocycles. The molecule has 0 spiro atoms. The van der Waals surface area contributed by atoms with Gasteiger partial charge in [-0.25, -0.2) is 0 Å². The van der Waals surface area contributed by atoms with Gasteiger partial charge in [0, 0.05) is 7.11 Å². The second kappa shape index (κ2) is 6.21. The molecule has 1 rings (SSSR count). The highest BCUT2D eigenvalue weighted by Gasteiger charge is 2.20. The highest BCUT2D eigenvalue weighted by Crippen LogP contribution is 2.34. The molecule has 0 aromatic heterocycles. The topological polar surface area (TPSA) is 81.5 Å². The molecule has 0 saturated heterocycles. The molecular weight excluding hydrogens is 244 g/mol. The molecule has 1 N–H and O–H groups in total. The van der Waals surface area contributed by atoms with Crippen LogP contribution in [-0.4, -0.2) is 30.8 Å². The Morgan fingerprint density at radius 2 is 2.29 bits per heavy atom. The fourth-order valence-electron chi connectivity index (χ4n) is 1.29. The molecule has 0 radical (unpaired) electrons. The van der Waals surface area contributed by atoms with E-state index in [-0.39, 0.29) is 18.0 Å². The van der Waals surface area contributed by atoms with Gasteiger partial charge in [-0.3, -0.25) is 14.9 Å². The summed E-state index contributed by atoms with van der Waals surface area (Å²) in [7, 11) is 1.38. The van der Waals surface area contributed by atoms with Crippen molar-refractivity contribution < 1.29 is 14.5 Å². The molecule has 1 amide bonds. The van der Waals surface area contributed by atoms with E-state index in [0.29, 0.717) is 4.90 Å². The summed E-state index contributed by atoms with van der Waals surface area (Å²) in [6, 6.07) is 4.78. The van der Waals surface area contributed by atoms with Gasteiger partial charge in [-0.15, -0.1) is 11.8 Å². The highest BCUT2D eigenvalue weighted by atomic mass is 32.2. The van der Waals surface area contributed by atoms with Gasteiger partial charge in [0.25, 0.3) is 5.91 Å². The predicted octanol–water partition coefficient (Wildman–Crippen LogP) is 1.90. The van der Waals surface area contributed by atoms with Crippen LogP contribution in [0, 0.1) is 10.1 Å². The first-order chi connectivity index (χ1) is 8.10. The number of thioether (sulfide) groups is 1. The maximum absolute atomic E-state index is 11.3. The van der Waals surface area contributed by atoms with Crippen molar-refractivity contribution in [2.24, 2.45) is 0 Å². The minimum absolute atomic E-state index is 0.0931. The number of rotatable bonds is 5. The summed E-state index contributed by atoms with van der Waals surface area (Å²) in [4.78, 5) is 22.3. The number of nitrogens with zero attached hydrogens (tertiary/aromatic N) is 1. The van der Waals surface area contributed by atoms with E-state index in [1.54, 1.807) is 18.4 Å². The number of hydrogen-bond acceptors (Lipinski definition) is 5. The number of ether oxygens (including phenoxy) is 1. The molecule has 6 nitrogen and oxygen atoms in total. The Bertz CT molecular complexity index is 436. The molecule has 0 unspecified atom stereocenters. The first-order valence-electron chi connectivity index (χ1n) is 4.70. The maximum Gasteiger partial charge on any atom is 0.306 e. The third-order valence-electron chi connectivity index (χ3n) is 1.95. The predicted molar refractivity (Wildman–Crippen MR) is 65.4 cm³/mol. The Morgan fingerprint density at radius 1 is 1.59 bits per heavy atom. The zero-order chi connectivity index (χ0) is 12.8. The van der Waals surface area contributed by atoms with Gasteiger partial charge >= 0.3 is 5.69 Å². The van der Waals surface area contributed by atoms with Crippen LogP contribution in [0.4, 0.5) is 11.4 Å². The average molecular weight is 256 g/mol. The molecule has 0 bridgehead atoms. The summed E-state index contributed by atoms with van der Waals surface area (Å²) in [5.74, 6) is -0.422. The Hall–Kier alpha value is -1.60. The molecule has 1 aromatic carbocycles. The van der Waals surface area contributed by atoms with E-state index >= 15 is 0 Å². The van der Waals surface area contributed by atoms with Crippen LogP contribution in [0.15, 0.2) is 23.1 Å². The lowest BCUT2D eigenvalue weighted by Gasteiger charge is -2.07. The molecule has 7 heteroatoms. The van der Waals surface area contributed by atoms with Crippen molar-refractivity contribution in [3.8, 4) is 0 Å². The lowest BCUT2D eigenvalue weighted by atomic mass is 10.2. The summed E-state index contributed by atoms with van der Waals surface area (Å²) in [6.45, 7) is -0.138. The van der Waals surface area contributed by atoms with Gasteiger partial charge in [-0.1, -0.05) is 6.07 Å². The van der Waals surface area contributed by atoms with Crippen molar-refractivity contribution in [3.05, 3.63) is 28.3 Å². The van der Waals surface area contributed by atoms with Crippen molar-refractivity contribution in [1.82, 2.24) is 0 Å². The molecule has 1 aromatic rings. The van der Waals surface area contributed by atoms with E-state index < -0.39 is 10.8 Å². The number of nitrogens with one attached hydrogen (secondary N) is 1. The van der Waals surface area contributed by atoms with E-state index in [2.05, 4.69) is 10.1 Å². The Morgan fingerprint density at radius 3 is 2.82 bits per heavy atom. The molecular formula is C10H12N2O4S. The van der Waals surface area contributed by atoms with E-state index in [0.717, 1.165) is 0 Å². The van der Waals surface area contributed by atoms with Gasteiger partial charge in [0.05, 0.1) is 9.82 Å². The molecule has 0 saturated carbocycles. The molecule has 0 atom stereocenters. The van der Waals surface area contributed by atoms with Crippen molar-refractivity contribution >= 4 is 29.0 Å². The Labute approximate surface area is 102 Å². The molecule has 17 heavy (non-hydrogen) atoms. The third-order valence-corrected chi connectivity index (χ3v) is 2.72. The number of benzene rings is 1. The van der Waals surface area contributed by atoms with E-state index in [1.165, 1.54) is 24.9 Å². The lowest BCUT2D eigenvalue weighted by Crippen LogP contribution is -2.18. The van der Waals surface area contributed by atoms with E-state index in [9.17, 15) is 14.9 Å². The molecule has 92 valence electrons. The number of para-hydroxylation sites is 1. The number of carbonyl (C=O) groups excluding carboxylic acids is 1. The highest BCUT2D eigenvalue weighted by molar-refractivity contribution is 7.98. The van der Waals surface area contributed by atoms with E-state index in [4.69, 9.17) is 0 Å². The Kier molecular flexibility index (Phi) is 4.92. The summed E-state index contributed by atoms with van der Waals surface area (Å²) in [5.41, 5.74) is 0.0911. The number of nitro groups is 1. The van der Waals surface area contributed by atoms with Gasteiger partial charge in [-0.05, 0) is 18.4 Å². The van der Waals surface area contributed by atoms with Gasteiger partial charge < -0.3 is 10.1 Å². The molecule has 0 aliphatic rings. The van der Waals surface area contributed by atoms with Crippen LogP contribution >= 0.6 is 11.8 Å². The first kappa shape index (κ1) is 13.5. The second-order valence-corrected chi connectivity index (χ2v) is 3.94. The van der Waals surface area contributed by atoms with Crippen molar-refractivity contribution in [1.29, 1.82) is 0 Å². The van der Waals surface area contributed by atoms with Gasteiger partial charge in [0.15, 0.2) is 0 Å². The normalized spacial score (nSPS) is 10.0. The fourth-order valence-corrected chi connectivity index (χ4v) is 1.89. The van der Waals surface area contributed by atoms with Gasteiger partial charge in [0.2, 0.25) is 0 Å². The third kappa shape index (κ3) is 3.43. The summed E-state index contributed by atoms with van der Waals surface area (Å²) < 4.78 is 4.65. The van der Waals surface area contributed by atoms with Crippen LogP contribution in [0.2, 0.25) is 0 Å². The zero-order valence-corrected chi connectivity index (χ0v) is 10.2. The number of carbonyl (C=O) groups is 1. The van der Waals surface area contributed by atoms with Crippen molar-refractivity contribution in [2.75, 3.05) is 25.3 Å². The summed E-state index contributed by atoms with van der Waals surface area (Å²) in [5, 5.41) is 13.4. The van der Waals surface area contributed by atoms with Crippen LogP contribution in [0.5, 0.6) is 0 Å². The zero-order valence-electron chi connectivity index (χ0n) is 9.43. The van der Waals surface area contributed by atoms with E-state index in [1.807, 2.05) is 0 Å². The number of methoxy groups -OCH3 is 1. The first-order valence-corrected chi connectivity index (χ1v) is 5.92. The standard InChI is InChI=1S/C10H12N2O4S/c1-16-6-9(13)11-7-4-3-5-8(17-2)10(7)12(14)15/h3-5H,6H2,1-2H3,(H,11,13). The van der Waals surface area contributed by atoms with Crippen molar-refractivity contribution in [3.63, 3.8) is 0 Å². The minimum Gasteiger partial charge on any atom is -0.375 e. The summed E-state index contributed by atoms with van der Waals surface area (Å²) >= 11 is 1.25. The number of amides is 1. The fraction of sp³-hybridized carbons (Fsp3) is 0.300. The minimum atomic E-state index is -0.506. The number of hydrogen-bond donors (Lipinski definition) is 1. The second-order valence-electron chi connectivity index (χ2n) is 3.09. The van der Waals surface area contributed by atoms with Crippen LogP contribution in [0.25, 0.3) is 0 Å². The lowest BCUT2D eigenvalue weighted by molar-refractivity contribution is -0.386. The van der Waals surface area contributed by atoms with Gasteiger partial charge in [-0.2, -0.15) is 0 Å². The molecule has 0 fully saturated rings. The van der Waals surface area contributed by atoms with Crippen LogP contribution in [-0.2, 0) is 9.53 Å². The monoisotopic (exact) mass is 256 g/mol. The maximum atomic E-state index is 11.3. The van der Waals surface area contributed by atoms with Crippen molar-refractivity contribution in [2.45, 2.75) is 4.90 Å². The quantitative estimate of drug-likeness (QED) is 0.494. The Balaban J connectivity index is 3.06. The largest absolute Gasteiger partial charge is 0.375 e. The molecule has 0 aliphatic carbocycles. The average Bonchev–Trinajstić information content (AvgIpc) is 2.28. The molecule has 0 aliphatic heterocycles. The summed E-state index contributed by atoms with van der Waals surface area (Å²) in [6.07, 6.45) is 1.74. The number of anilines is 1. The van der Waals surface area contributed by atoms with Crippen LogP contribution < -0.4 is 5.32 Å². The van der Waals surface area contributed by atoms with Gasteiger partial charge in [0.1, 0.15) is 12.3 Å². The SMILES string of the molecule is COCC(=O)Nc1cccc(SC)c1[N+](=O)[O-]. The van der Waals surface area contributed by atoms with Crippen LogP contribution in [0.3, 0.4) is 0 Å².